The van der Waals surface area contributed by atoms with E-state index in [9.17, 15) is 0 Å². The van der Waals surface area contributed by atoms with E-state index in [-0.39, 0.29) is 0 Å². The van der Waals surface area contributed by atoms with E-state index >= 15 is 0 Å². The Morgan fingerprint density at radius 3 is 2.50 bits per heavy atom. The predicted molar refractivity (Wildman–Crippen MR) is 75.3 cm³/mol. The fourth-order valence-corrected chi connectivity index (χ4v) is 2.05. The maximum absolute atomic E-state index is 8.89. The van der Waals surface area contributed by atoms with Gasteiger partial charge in [-0.1, -0.05) is 12.1 Å². The maximum atomic E-state index is 8.89. The summed E-state index contributed by atoms with van der Waals surface area (Å²) in [6.07, 6.45) is 1.65. The van der Waals surface area contributed by atoms with Crippen molar-refractivity contribution in [3.05, 3.63) is 65.0 Å². The summed E-state index contributed by atoms with van der Waals surface area (Å²) in [5, 5.41) is 17.7. The summed E-state index contributed by atoms with van der Waals surface area (Å²) in [6, 6.07) is 15.5. The van der Waals surface area contributed by atoms with Crippen molar-refractivity contribution >= 4 is 0 Å². The second-order valence-corrected chi connectivity index (χ2v) is 4.65. The Labute approximate surface area is 118 Å². The van der Waals surface area contributed by atoms with Crippen LogP contribution in [-0.4, -0.2) is 16.9 Å². The molecule has 0 N–H and O–H groups in total. The first-order chi connectivity index (χ1) is 9.71. The van der Waals surface area contributed by atoms with Crippen LogP contribution >= 0.6 is 0 Å². The second-order valence-electron chi connectivity index (χ2n) is 4.65. The molecule has 98 valence electrons. The number of nitrogens with zero attached hydrogens (tertiary/aromatic N) is 4. The molecule has 0 unspecified atom stereocenters. The molecule has 0 radical (unpaired) electrons. The van der Waals surface area contributed by atoms with Crippen LogP contribution in [-0.2, 0) is 13.1 Å². The fourth-order valence-electron chi connectivity index (χ4n) is 2.05. The van der Waals surface area contributed by atoms with Crippen molar-refractivity contribution in [1.29, 1.82) is 10.5 Å². The Bertz CT molecular complexity index is 620. The highest BCUT2D eigenvalue weighted by atomic mass is 15.1. The summed E-state index contributed by atoms with van der Waals surface area (Å²) in [7, 11) is 2.01. The largest absolute Gasteiger partial charge is 0.298 e. The van der Waals surface area contributed by atoms with Crippen molar-refractivity contribution in [2.24, 2.45) is 0 Å². The molecule has 1 aromatic heterocycles. The van der Waals surface area contributed by atoms with Gasteiger partial charge in [-0.15, -0.1) is 0 Å². The van der Waals surface area contributed by atoms with Gasteiger partial charge in [-0.05, 0) is 42.4 Å². The van der Waals surface area contributed by atoms with E-state index < -0.39 is 0 Å². The number of rotatable bonds is 4. The monoisotopic (exact) mass is 262 g/mol. The molecular weight excluding hydrogens is 248 g/mol. The van der Waals surface area contributed by atoms with E-state index in [1.165, 1.54) is 0 Å². The van der Waals surface area contributed by atoms with Crippen molar-refractivity contribution in [2.75, 3.05) is 7.05 Å². The average Bonchev–Trinajstić information content (AvgIpc) is 2.47. The summed E-state index contributed by atoms with van der Waals surface area (Å²) in [4.78, 5) is 6.09. The molecule has 0 aliphatic carbocycles. The van der Waals surface area contributed by atoms with Crippen LogP contribution < -0.4 is 0 Å². The molecule has 0 amide bonds. The number of benzene rings is 1. The van der Waals surface area contributed by atoms with Crippen LogP contribution in [0.3, 0.4) is 0 Å². The number of hydrogen-bond acceptors (Lipinski definition) is 4. The molecule has 0 saturated carbocycles. The van der Waals surface area contributed by atoms with Gasteiger partial charge in [-0.3, -0.25) is 4.90 Å². The SMILES string of the molecule is CN(Cc1cccc(C#N)c1)Cc1ccnc(C#N)c1. The Balaban J connectivity index is 2.03. The Hall–Kier alpha value is -2.69. The van der Waals surface area contributed by atoms with Crippen LogP contribution in [0.5, 0.6) is 0 Å². The molecule has 1 heterocycles. The van der Waals surface area contributed by atoms with Gasteiger partial charge in [0.05, 0.1) is 11.6 Å². The minimum absolute atomic E-state index is 0.433. The Morgan fingerprint density at radius 2 is 1.80 bits per heavy atom. The van der Waals surface area contributed by atoms with Gasteiger partial charge in [-0.25, -0.2) is 4.98 Å². The highest BCUT2D eigenvalue weighted by molar-refractivity contribution is 5.32. The van der Waals surface area contributed by atoms with Gasteiger partial charge in [0.25, 0.3) is 0 Å². The number of nitriles is 2. The molecule has 0 aliphatic heterocycles. The van der Waals surface area contributed by atoms with E-state index in [1.807, 2.05) is 37.4 Å². The van der Waals surface area contributed by atoms with Crippen molar-refractivity contribution in [1.82, 2.24) is 9.88 Å². The lowest BCUT2D eigenvalue weighted by molar-refractivity contribution is 0.319. The standard InChI is InChI=1S/C16H14N4/c1-20(11-14-4-2-3-13(7-14)9-17)12-15-5-6-19-16(8-15)10-18/h2-8H,11-12H2,1H3. The summed E-state index contributed by atoms with van der Waals surface area (Å²) >= 11 is 0. The van der Waals surface area contributed by atoms with E-state index in [4.69, 9.17) is 10.5 Å². The highest BCUT2D eigenvalue weighted by Gasteiger charge is 2.04. The molecule has 0 bridgehead atoms. The zero-order valence-electron chi connectivity index (χ0n) is 11.2. The van der Waals surface area contributed by atoms with Crippen molar-refractivity contribution in [2.45, 2.75) is 13.1 Å². The zero-order valence-corrected chi connectivity index (χ0v) is 11.2. The number of pyridine rings is 1. The Morgan fingerprint density at radius 1 is 1.05 bits per heavy atom. The van der Waals surface area contributed by atoms with Crippen LogP contribution in [0.2, 0.25) is 0 Å². The number of aromatic nitrogens is 1. The van der Waals surface area contributed by atoms with Crippen LogP contribution in [0.1, 0.15) is 22.4 Å². The van der Waals surface area contributed by atoms with Gasteiger partial charge < -0.3 is 0 Å². The Kier molecular flexibility index (Phi) is 4.44. The molecule has 2 rings (SSSR count). The summed E-state index contributed by atoms with van der Waals surface area (Å²) in [5.41, 5.74) is 3.26. The van der Waals surface area contributed by atoms with Crippen LogP contribution in [0.25, 0.3) is 0 Å². The average molecular weight is 262 g/mol. The molecule has 2 aromatic rings. The lowest BCUT2D eigenvalue weighted by atomic mass is 10.1. The first kappa shape index (κ1) is 13.7. The van der Waals surface area contributed by atoms with Crippen LogP contribution in [0, 0.1) is 22.7 Å². The normalized spacial score (nSPS) is 10.0. The molecule has 20 heavy (non-hydrogen) atoms. The number of hydrogen-bond donors (Lipinski definition) is 0. The van der Waals surface area contributed by atoms with Crippen LogP contribution in [0.15, 0.2) is 42.6 Å². The second kappa shape index (κ2) is 6.47. The van der Waals surface area contributed by atoms with Crippen LogP contribution in [0.4, 0.5) is 0 Å². The summed E-state index contributed by atoms with van der Waals surface area (Å²) in [5.74, 6) is 0. The van der Waals surface area contributed by atoms with Crippen molar-refractivity contribution in [3.8, 4) is 12.1 Å². The van der Waals surface area contributed by atoms with Crippen molar-refractivity contribution in [3.63, 3.8) is 0 Å². The van der Waals surface area contributed by atoms with E-state index in [2.05, 4.69) is 16.0 Å². The first-order valence-corrected chi connectivity index (χ1v) is 6.24. The van der Waals surface area contributed by atoms with E-state index in [0.717, 1.165) is 24.2 Å². The lowest BCUT2D eigenvalue weighted by Gasteiger charge is -2.16. The van der Waals surface area contributed by atoms with E-state index in [1.54, 1.807) is 18.3 Å². The third-order valence-electron chi connectivity index (χ3n) is 2.90. The van der Waals surface area contributed by atoms with E-state index in [0.29, 0.717) is 11.3 Å². The summed E-state index contributed by atoms with van der Waals surface area (Å²) < 4.78 is 0. The minimum Gasteiger partial charge on any atom is -0.298 e. The van der Waals surface area contributed by atoms with Gasteiger partial charge in [0.1, 0.15) is 11.8 Å². The first-order valence-electron chi connectivity index (χ1n) is 6.24. The minimum atomic E-state index is 0.433. The van der Waals surface area contributed by atoms with Gasteiger partial charge in [0.2, 0.25) is 0 Å². The molecule has 4 nitrogen and oxygen atoms in total. The zero-order chi connectivity index (χ0) is 14.4. The van der Waals surface area contributed by atoms with Gasteiger partial charge >= 0.3 is 0 Å². The van der Waals surface area contributed by atoms with Crippen molar-refractivity contribution < 1.29 is 0 Å². The molecule has 1 aromatic carbocycles. The molecule has 0 atom stereocenters. The maximum Gasteiger partial charge on any atom is 0.140 e. The lowest BCUT2D eigenvalue weighted by Crippen LogP contribution is -2.17. The van der Waals surface area contributed by atoms with Gasteiger partial charge in [0.15, 0.2) is 0 Å². The topological polar surface area (TPSA) is 63.7 Å². The fraction of sp³-hybridized carbons (Fsp3) is 0.188. The molecule has 0 fully saturated rings. The molecule has 0 aliphatic rings. The molecule has 0 saturated heterocycles. The van der Waals surface area contributed by atoms with Gasteiger partial charge in [0, 0.05) is 19.3 Å². The van der Waals surface area contributed by atoms with Gasteiger partial charge in [-0.2, -0.15) is 10.5 Å². The molecular formula is C16H14N4. The molecule has 0 spiro atoms. The highest BCUT2D eigenvalue weighted by Crippen LogP contribution is 2.10. The molecule has 4 heteroatoms. The quantitative estimate of drug-likeness (QED) is 0.849. The predicted octanol–water partition coefficient (Wildman–Crippen LogP) is 2.46. The smallest absolute Gasteiger partial charge is 0.140 e. The third kappa shape index (κ3) is 3.65. The summed E-state index contributed by atoms with van der Waals surface area (Å²) in [6.45, 7) is 1.48. The third-order valence-corrected chi connectivity index (χ3v) is 2.90.